The second-order valence-corrected chi connectivity index (χ2v) is 12.3. The van der Waals surface area contributed by atoms with Gasteiger partial charge >= 0.3 is 0 Å². The Bertz CT molecular complexity index is 2440. The number of nitrogens with zero attached hydrogens (tertiary/aromatic N) is 3. The van der Waals surface area contributed by atoms with Crippen LogP contribution in [0.2, 0.25) is 0 Å². The van der Waals surface area contributed by atoms with Crippen LogP contribution in [0.25, 0.3) is 58.8 Å². The minimum Gasteiger partial charge on any atom is -0.309 e. The summed E-state index contributed by atoms with van der Waals surface area (Å²) in [6, 6.07) is 56.3. The Morgan fingerprint density at radius 1 is 0.511 bits per heavy atom. The zero-order valence-electron chi connectivity index (χ0n) is 24.3. The second kappa shape index (κ2) is 10.5. The molecule has 9 rings (SSSR count). The molecule has 3 heterocycles. The lowest BCUT2D eigenvalue weighted by Crippen LogP contribution is -2.10. The topological polar surface area (TPSA) is 21.1 Å². The van der Waals surface area contributed by atoms with Crippen molar-refractivity contribution in [3.63, 3.8) is 0 Å². The van der Waals surface area contributed by atoms with Gasteiger partial charge in [0.25, 0.3) is 0 Å². The number of thiophene rings is 1. The van der Waals surface area contributed by atoms with Gasteiger partial charge in [0.05, 0.1) is 11.0 Å². The van der Waals surface area contributed by atoms with E-state index in [-0.39, 0.29) is 0 Å². The Hall–Kier alpha value is -5.71. The zero-order chi connectivity index (χ0) is 29.7. The Kier molecular flexibility index (Phi) is 6.00. The Morgan fingerprint density at radius 3 is 2.09 bits per heavy atom. The van der Waals surface area contributed by atoms with Gasteiger partial charge in [-0.2, -0.15) is 0 Å². The highest BCUT2D eigenvalue weighted by Crippen LogP contribution is 2.44. The third-order valence-corrected chi connectivity index (χ3v) is 9.83. The van der Waals surface area contributed by atoms with Crippen molar-refractivity contribution < 1.29 is 0 Å². The van der Waals surface area contributed by atoms with Gasteiger partial charge in [0.1, 0.15) is 5.82 Å². The Balaban J connectivity index is 1.23. The number of hydrogen-bond acceptors (Lipinski definition) is 3. The van der Waals surface area contributed by atoms with Crippen LogP contribution in [0.1, 0.15) is 0 Å². The normalized spacial score (nSPS) is 11.6. The molecule has 45 heavy (non-hydrogen) atoms. The fourth-order valence-electron chi connectivity index (χ4n) is 6.62. The number of anilines is 3. The lowest BCUT2D eigenvalue weighted by molar-refractivity contribution is 1.18. The maximum Gasteiger partial charge on any atom is 0.137 e. The number of aromatic nitrogens is 2. The SMILES string of the molecule is c1ccc(N(c2ccc3c(c2)sc2c(-c4ccc5c6ccccc6n(-c6ccccc6)c5c4)cccc23)c2ccccn2)cc1. The molecule has 0 spiro atoms. The molecule has 3 nitrogen and oxygen atoms in total. The van der Waals surface area contributed by atoms with Gasteiger partial charge in [-0.25, -0.2) is 4.98 Å². The highest BCUT2D eigenvalue weighted by atomic mass is 32.1. The number of benzene rings is 6. The predicted molar refractivity (Wildman–Crippen MR) is 192 cm³/mol. The number of pyridine rings is 1. The molecule has 0 bridgehead atoms. The third-order valence-electron chi connectivity index (χ3n) is 8.63. The van der Waals surface area contributed by atoms with Crippen LogP contribution >= 0.6 is 11.3 Å². The third kappa shape index (κ3) is 4.22. The molecule has 0 fully saturated rings. The van der Waals surface area contributed by atoms with E-state index < -0.39 is 0 Å². The van der Waals surface area contributed by atoms with E-state index in [2.05, 4.69) is 149 Å². The molecule has 6 aromatic carbocycles. The van der Waals surface area contributed by atoms with E-state index in [1.807, 2.05) is 35.7 Å². The number of hydrogen-bond donors (Lipinski definition) is 0. The summed E-state index contributed by atoms with van der Waals surface area (Å²) < 4.78 is 4.95. The fraction of sp³-hybridized carbons (Fsp3) is 0. The molecule has 3 aromatic heterocycles. The van der Waals surface area contributed by atoms with Crippen LogP contribution in [-0.2, 0) is 0 Å². The summed E-state index contributed by atoms with van der Waals surface area (Å²) in [5.74, 6) is 0.895. The van der Waals surface area contributed by atoms with Crippen molar-refractivity contribution >= 4 is 70.5 Å². The summed E-state index contributed by atoms with van der Waals surface area (Å²) in [4.78, 5) is 6.93. The molecule has 0 amide bonds. The zero-order valence-corrected chi connectivity index (χ0v) is 25.2. The van der Waals surface area contributed by atoms with Crippen LogP contribution in [0.4, 0.5) is 17.2 Å². The number of fused-ring (bicyclic) bond motifs is 6. The molecule has 0 aliphatic rings. The summed E-state index contributed by atoms with van der Waals surface area (Å²) in [6.07, 6.45) is 1.85. The maximum absolute atomic E-state index is 4.71. The highest BCUT2D eigenvalue weighted by molar-refractivity contribution is 7.26. The number of rotatable bonds is 5. The summed E-state index contributed by atoms with van der Waals surface area (Å²) in [5, 5.41) is 5.09. The molecule has 0 aliphatic heterocycles. The molecule has 9 aromatic rings. The lowest BCUT2D eigenvalue weighted by Gasteiger charge is -2.24. The van der Waals surface area contributed by atoms with E-state index in [4.69, 9.17) is 4.98 Å². The first-order valence-corrected chi connectivity index (χ1v) is 16.0. The second-order valence-electron chi connectivity index (χ2n) is 11.2. The van der Waals surface area contributed by atoms with Gasteiger partial charge in [0, 0.05) is 54.2 Å². The standard InChI is InChI=1S/C41H27N3S/c1-3-12-29(13-4-1)43(40-20-9-10-25-42-40)31-22-24-35-36-18-11-17-32(41(36)45-39(35)27-31)28-21-23-34-33-16-7-8-19-37(33)44(38(34)26-28)30-14-5-2-6-15-30/h1-27H. The highest BCUT2D eigenvalue weighted by Gasteiger charge is 2.18. The van der Waals surface area contributed by atoms with Crippen molar-refractivity contribution in [2.24, 2.45) is 0 Å². The Labute approximate surface area is 264 Å². The maximum atomic E-state index is 4.71. The van der Waals surface area contributed by atoms with Crippen molar-refractivity contribution in [2.75, 3.05) is 4.90 Å². The molecule has 0 unspecified atom stereocenters. The van der Waals surface area contributed by atoms with E-state index in [9.17, 15) is 0 Å². The summed E-state index contributed by atoms with van der Waals surface area (Å²) in [7, 11) is 0. The van der Waals surface area contributed by atoms with Gasteiger partial charge < -0.3 is 4.57 Å². The summed E-state index contributed by atoms with van der Waals surface area (Å²) in [5.41, 5.74) is 8.26. The van der Waals surface area contributed by atoms with Gasteiger partial charge in [-0.05, 0) is 71.8 Å². The van der Waals surface area contributed by atoms with E-state index in [1.54, 1.807) is 0 Å². The molecular weight excluding hydrogens is 567 g/mol. The van der Waals surface area contributed by atoms with E-state index >= 15 is 0 Å². The van der Waals surface area contributed by atoms with Crippen molar-refractivity contribution in [3.8, 4) is 16.8 Å². The van der Waals surface area contributed by atoms with Crippen LogP contribution in [-0.4, -0.2) is 9.55 Å². The molecule has 212 valence electrons. The van der Waals surface area contributed by atoms with Crippen LogP contribution in [0.15, 0.2) is 164 Å². The molecule has 0 atom stereocenters. The van der Waals surface area contributed by atoms with Crippen LogP contribution in [0.3, 0.4) is 0 Å². The first-order valence-electron chi connectivity index (χ1n) is 15.1. The first-order chi connectivity index (χ1) is 22.3. The van der Waals surface area contributed by atoms with Crippen molar-refractivity contribution in [1.29, 1.82) is 0 Å². The molecule has 0 aliphatic carbocycles. The average Bonchev–Trinajstić information content (AvgIpc) is 3.65. The van der Waals surface area contributed by atoms with Crippen molar-refractivity contribution in [1.82, 2.24) is 9.55 Å². The quantitative estimate of drug-likeness (QED) is 0.198. The van der Waals surface area contributed by atoms with Gasteiger partial charge in [-0.3, -0.25) is 4.90 Å². The summed E-state index contributed by atoms with van der Waals surface area (Å²) >= 11 is 1.86. The van der Waals surface area contributed by atoms with Gasteiger partial charge in [0.15, 0.2) is 0 Å². The molecule has 0 N–H and O–H groups in total. The van der Waals surface area contributed by atoms with Crippen LogP contribution in [0.5, 0.6) is 0 Å². The van der Waals surface area contributed by atoms with Crippen molar-refractivity contribution in [2.45, 2.75) is 0 Å². The molecule has 0 saturated heterocycles. The smallest absolute Gasteiger partial charge is 0.137 e. The fourth-order valence-corrected chi connectivity index (χ4v) is 7.89. The van der Waals surface area contributed by atoms with E-state index in [0.717, 1.165) is 17.2 Å². The number of para-hydroxylation sites is 3. The monoisotopic (exact) mass is 593 g/mol. The summed E-state index contributed by atoms with van der Waals surface area (Å²) in [6.45, 7) is 0. The van der Waals surface area contributed by atoms with Gasteiger partial charge in [0.2, 0.25) is 0 Å². The Morgan fingerprint density at radius 2 is 1.24 bits per heavy atom. The van der Waals surface area contributed by atoms with Crippen LogP contribution < -0.4 is 4.90 Å². The van der Waals surface area contributed by atoms with Gasteiger partial charge in [-0.15, -0.1) is 11.3 Å². The first kappa shape index (κ1) is 25.8. The van der Waals surface area contributed by atoms with E-state index in [0.29, 0.717) is 0 Å². The van der Waals surface area contributed by atoms with Gasteiger partial charge in [-0.1, -0.05) is 97.1 Å². The van der Waals surface area contributed by atoms with Crippen molar-refractivity contribution in [3.05, 3.63) is 164 Å². The lowest BCUT2D eigenvalue weighted by atomic mass is 10.0. The van der Waals surface area contributed by atoms with Crippen LogP contribution in [0, 0.1) is 0 Å². The molecule has 4 heteroatoms. The average molecular weight is 594 g/mol. The largest absolute Gasteiger partial charge is 0.309 e. The molecule has 0 saturated carbocycles. The minimum absolute atomic E-state index is 0.895. The minimum atomic E-state index is 0.895. The molecular formula is C41H27N3S. The van der Waals surface area contributed by atoms with E-state index in [1.165, 1.54) is 58.8 Å². The predicted octanol–water partition coefficient (Wildman–Crippen LogP) is 11.7. The molecule has 0 radical (unpaired) electrons.